The van der Waals surface area contributed by atoms with Gasteiger partial charge in [0.25, 0.3) is 5.91 Å². The van der Waals surface area contributed by atoms with Crippen molar-refractivity contribution >= 4 is 54.8 Å². The van der Waals surface area contributed by atoms with E-state index in [1.54, 1.807) is 36.4 Å². The molecule has 2 heterocycles. The van der Waals surface area contributed by atoms with Crippen molar-refractivity contribution < 1.29 is 26.7 Å². The lowest BCUT2D eigenvalue weighted by Gasteiger charge is -2.37. The van der Waals surface area contributed by atoms with Crippen LogP contribution in [0.2, 0.25) is 5.02 Å². The van der Waals surface area contributed by atoms with Gasteiger partial charge in [0.2, 0.25) is 10.0 Å². The number of thiophene rings is 1. The number of sulfonamides is 1. The Morgan fingerprint density at radius 3 is 2.40 bits per heavy atom. The van der Waals surface area contributed by atoms with Gasteiger partial charge in [-0.3, -0.25) is 9.52 Å². The molecular weight excluding hydrogens is 618 g/mol. The fraction of sp³-hybridized carbons (Fsp3) is 0.333. The molecule has 228 valence electrons. The van der Waals surface area contributed by atoms with Gasteiger partial charge in [0.05, 0.1) is 28.5 Å². The lowest BCUT2D eigenvalue weighted by Crippen LogP contribution is -2.44. The van der Waals surface area contributed by atoms with E-state index in [1.807, 2.05) is 19.2 Å². The molecule has 2 aromatic heterocycles. The van der Waals surface area contributed by atoms with E-state index in [0.29, 0.717) is 11.8 Å². The van der Waals surface area contributed by atoms with Crippen molar-refractivity contribution in [3.63, 3.8) is 0 Å². The van der Waals surface area contributed by atoms with Crippen molar-refractivity contribution in [2.75, 3.05) is 25.1 Å². The zero-order valence-corrected chi connectivity index (χ0v) is 26.2. The quantitative estimate of drug-likeness (QED) is 0.216. The molecule has 0 saturated heterocycles. The summed E-state index contributed by atoms with van der Waals surface area (Å²) in [5.41, 5.74) is 2.23. The molecule has 1 aliphatic carbocycles. The first-order valence-corrected chi connectivity index (χ1v) is 16.7. The summed E-state index contributed by atoms with van der Waals surface area (Å²) in [7, 11) is -0.00263. The van der Waals surface area contributed by atoms with E-state index in [-0.39, 0.29) is 38.4 Å². The molecule has 5 rings (SSSR count). The standard InChI is InChI=1S/C30H31ClF2N4O4S2/c1-34-20-6-8-21(9-7-20)37(30(38)29-27(31)26-22(32)10-11-23(33)28(26)42-29)16-19-14-17(4-12-24(19)41-2)18-5-13-25(35-15-18)36-43(3,39)40/h4-5,10-15,20-21,34H,6-9,16H2,1-3H3,(H,35,36)/t20-,21-. The van der Waals surface area contributed by atoms with Gasteiger partial charge in [0.15, 0.2) is 0 Å². The minimum atomic E-state index is -3.47. The van der Waals surface area contributed by atoms with Crippen LogP contribution >= 0.6 is 22.9 Å². The largest absolute Gasteiger partial charge is 0.496 e. The lowest BCUT2D eigenvalue weighted by molar-refractivity contribution is 0.0604. The van der Waals surface area contributed by atoms with Crippen molar-refractivity contribution in [2.24, 2.45) is 0 Å². The molecule has 1 amide bonds. The number of fused-ring (bicyclic) bond motifs is 1. The van der Waals surface area contributed by atoms with Crippen molar-refractivity contribution in [3.8, 4) is 16.9 Å². The predicted molar refractivity (Wildman–Crippen MR) is 166 cm³/mol. The number of anilines is 1. The Balaban J connectivity index is 1.52. The molecular formula is C30H31ClF2N4O4S2. The first-order chi connectivity index (χ1) is 20.5. The number of pyridine rings is 1. The molecule has 0 atom stereocenters. The summed E-state index contributed by atoms with van der Waals surface area (Å²) in [4.78, 5) is 20.2. The normalized spacial score (nSPS) is 17.2. The molecule has 0 radical (unpaired) electrons. The summed E-state index contributed by atoms with van der Waals surface area (Å²) in [5.74, 6) is -0.957. The molecule has 13 heteroatoms. The van der Waals surface area contributed by atoms with Crippen LogP contribution in [-0.2, 0) is 16.6 Å². The van der Waals surface area contributed by atoms with Crippen LogP contribution in [0.25, 0.3) is 21.2 Å². The van der Waals surface area contributed by atoms with Crippen LogP contribution in [0.5, 0.6) is 5.75 Å². The second kappa shape index (κ2) is 12.7. The highest BCUT2D eigenvalue weighted by Gasteiger charge is 2.33. The number of rotatable bonds is 9. The first kappa shape index (κ1) is 31.1. The molecule has 4 aromatic rings. The topological polar surface area (TPSA) is 101 Å². The third kappa shape index (κ3) is 6.77. The van der Waals surface area contributed by atoms with Gasteiger partial charge < -0.3 is 15.0 Å². The average Bonchev–Trinajstić information content (AvgIpc) is 3.35. The summed E-state index contributed by atoms with van der Waals surface area (Å²) in [6.07, 6.45) is 5.82. The third-order valence-electron chi connectivity index (χ3n) is 7.69. The molecule has 2 aromatic carbocycles. The summed E-state index contributed by atoms with van der Waals surface area (Å²) >= 11 is 7.41. The van der Waals surface area contributed by atoms with Gasteiger partial charge in [-0.05, 0) is 74.7 Å². The molecule has 1 fully saturated rings. The van der Waals surface area contributed by atoms with E-state index in [9.17, 15) is 22.0 Å². The van der Waals surface area contributed by atoms with E-state index in [1.165, 1.54) is 0 Å². The molecule has 8 nitrogen and oxygen atoms in total. The Morgan fingerprint density at radius 1 is 1.09 bits per heavy atom. The fourth-order valence-electron chi connectivity index (χ4n) is 5.49. The number of benzene rings is 2. The Kier molecular flexibility index (Phi) is 9.21. The molecule has 0 bridgehead atoms. The van der Waals surface area contributed by atoms with E-state index in [4.69, 9.17) is 16.3 Å². The van der Waals surface area contributed by atoms with Crippen LogP contribution in [0.3, 0.4) is 0 Å². The lowest BCUT2D eigenvalue weighted by atomic mass is 9.89. The van der Waals surface area contributed by atoms with Gasteiger partial charge in [-0.15, -0.1) is 11.3 Å². The van der Waals surface area contributed by atoms with E-state index >= 15 is 0 Å². The Morgan fingerprint density at radius 2 is 1.79 bits per heavy atom. The maximum Gasteiger partial charge on any atom is 0.266 e. The average molecular weight is 649 g/mol. The van der Waals surface area contributed by atoms with Crippen LogP contribution < -0.4 is 14.8 Å². The number of hydrogen-bond acceptors (Lipinski definition) is 7. The van der Waals surface area contributed by atoms with Crippen molar-refractivity contribution in [3.05, 3.63) is 75.8 Å². The van der Waals surface area contributed by atoms with Crippen LogP contribution in [0.1, 0.15) is 40.9 Å². The second-order valence-electron chi connectivity index (χ2n) is 10.5. The number of carbonyl (C=O) groups excluding carboxylic acids is 1. The summed E-state index contributed by atoms with van der Waals surface area (Å²) in [6, 6.07) is 11.1. The number of halogens is 3. The SMILES string of the molecule is CN[C@H]1CC[C@H](N(Cc2cc(-c3ccc(NS(C)(=O)=O)nc3)ccc2OC)C(=O)c2sc3c(F)ccc(F)c3c2Cl)CC1. The van der Waals surface area contributed by atoms with Crippen LogP contribution in [0, 0.1) is 11.6 Å². The molecule has 0 unspecified atom stereocenters. The highest BCUT2D eigenvalue weighted by atomic mass is 35.5. The number of hydrogen-bond donors (Lipinski definition) is 2. The van der Waals surface area contributed by atoms with Crippen molar-refractivity contribution in [2.45, 2.75) is 44.3 Å². The highest BCUT2D eigenvalue weighted by molar-refractivity contribution is 7.92. The van der Waals surface area contributed by atoms with Gasteiger partial charge in [0, 0.05) is 36.0 Å². The number of ether oxygens (including phenoxy) is 1. The molecule has 0 spiro atoms. The maximum absolute atomic E-state index is 14.7. The Labute approximate surface area is 258 Å². The predicted octanol–water partition coefficient (Wildman–Crippen LogP) is 6.45. The zero-order chi connectivity index (χ0) is 30.9. The van der Waals surface area contributed by atoms with Gasteiger partial charge in [0.1, 0.15) is 28.1 Å². The Hall–Kier alpha value is -3.32. The highest BCUT2D eigenvalue weighted by Crippen LogP contribution is 2.40. The van der Waals surface area contributed by atoms with E-state index < -0.39 is 27.6 Å². The minimum Gasteiger partial charge on any atom is -0.496 e. The van der Waals surface area contributed by atoms with Gasteiger partial charge in [-0.2, -0.15) is 0 Å². The van der Waals surface area contributed by atoms with Crippen molar-refractivity contribution in [1.82, 2.24) is 15.2 Å². The monoisotopic (exact) mass is 648 g/mol. The number of nitrogens with zero attached hydrogens (tertiary/aromatic N) is 2. The zero-order valence-electron chi connectivity index (χ0n) is 23.8. The second-order valence-corrected chi connectivity index (χ2v) is 13.7. The first-order valence-electron chi connectivity index (χ1n) is 13.6. The van der Waals surface area contributed by atoms with Crippen LogP contribution in [-0.4, -0.2) is 56.7 Å². The number of amides is 1. The number of methoxy groups -OCH3 is 1. The van der Waals surface area contributed by atoms with Crippen molar-refractivity contribution in [1.29, 1.82) is 0 Å². The van der Waals surface area contributed by atoms with Gasteiger partial charge in [-0.1, -0.05) is 17.7 Å². The van der Waals surface area contributed by atoms with E-state index in [2.05, 4.69) is 15.0 Å². The van der Waals surface area contributed by atoms with Crippen LogP contribution in [0.15, 0.2) is 48.7 Å². The summed E-state index contributed by atoms with van der Waals surface area (Å²) in [5, 5.41) is 3.12. The van der Waals surface area contributed by atoms with E-state index in [0.717, 1.165) is 72.1 Å². The number of aromatic nitrogens is 1. The minimum absolute atomic E-state index is 0.00748. The number of carbonyl (C=O) groups is 1. The maximum atomic E-state index is 14.7. The smallest absolute Gasteiger partial charge is 0.266 e. The number of nitrogens with one attached hydrogen (secondary N) is 2. The molecule has 43 heavy (non-hydrogen) atoms. The van der Waals surface area contributed by atoms with Gasteiger partial charge in [-0.25, -0.2) is 22.2 Å². The van der Waals surface area contributed by atoms with Crippen LogP contribution in [0.4, 0.5) is 14.6 Å². The Bertz CT molecular complexity index is 1760. The molecule has 0 aliphatic heterocycles. The third-order valence-corrected chi connectivity index (χ3v) is 9.95. The molecule has 2 N–H and O–H groups in total. The molecule has 1 saturated carbocycles. The van der Waals surface area contributed by atoms with Gasteiger partial charge >= 0.3 is 0 Å². The summed E-state index contributed by atoms with van der Waals surface area (Å²) in [6.45, 7) is 0.168. The fourth-order valence-corrected chi connectivity index (χ4v) is 7.49. The summed E-state index contributed by atoms with van der Waals surface area (Å²) < 4.78 is 60.4. The molecule has 1 aliphatic rings.